The van der Waals surface area contributed by atoms with Crippen LogP contribution >= 0.6 is 39.3 Å². The van der Waals surface area contributed by atoms with Crippen LogP contribution in [-0.2, 0) is 20.8 Å². The third-order valence-electron chi connectivity index (χ3n) is 7.86. The highest BCUT2D eigenvalue weighted by atomic mass is 79.9. The van der Waals surface area contributed by atoms with Crippen LogP contribution in [0.5, 0.6) is 0 Å². The van der Waals surface area contributed by atoms with E-state index in [-0.39, 0.29) is 34.4 Å². The zero-order chi connectivity index (χ0) is 27.0. The second kappa shape index (κ2) is 11.2. The minimum atomic E-state index is -0.851. The lowest BCUT2D eigenvalue weighted by Gasteiger charge is -2.37. The Hall–Kier alpha value is -2.07. The van der Waals surface area contributed by atoms with Crippen LogP contribution in [0.3, 0.4) is 0 Å². The minimum absolute atomic E-state index is 0.0126. The van der Waals surface area contributed by atoms with Crippen LogP contribution in [0.15, 0.2) is 54.6 Å². The first-order chi connectivity index (χ1) is 18.3. The van der Waals surface area contributed by atoms with Gasteiger partial charge < -0.3 is 20.6 Å². The van der Waals surface area contributed by atoms with E-state index in [0.29, 0.717) is 30.1 Å². The molecule has 3 aliphatic heterocycles. The number of benzene rings is 2. The molecule has 0 aromatic heterocycles. The molecule has 202 valence electrons. The molecule has 0 radical (unpaired) electrons. The normalized spacial score (nSPS) is 30.3. The summed E-state index contributed by atoms with van der Waals surface area (Å²) in [6.45, 7) is 2.22. The Bertz CT molecular complexity index is 1200. The molecular weight excluding hydrogens is 590 g/mol. The Morgan fingerprint density at radius 1 is 1.18 bits per heavy atom. The van der Waals surface area contributed by atoms with Gasteiger partial charge in [0.25, 0.3) is 0 Å². The standard InChI is InChI=1S/C28H31BrClN3O4S/c1-2-12-31-25(35)21-22-27(37)33(19(15-34)13-16-6-4-3-5-7-16)24(28(22)14-20(29)23(21)38-28)26(36)32-18-10-8-17(30)9-11-18/h3-11,19-24,34H,2,12-15H2,1H3,(H,31,35)(H,32,36)/t19-,20?,21+,22+,23+,24?,28?/m1/s1. The van der Waals surface area contributed by atoms with Crippen molar-refractivity contribution in [1.29, 1.82) is 0 Å². The molecule has 0 aliphatic carbocycles. The lowest BCUT2D eigenvalue weighted by atomic mass is 9.70. The molecule has 1 spiro atoms. The van der Waals surface area contributed by atoms with Gasteiger partial charge in [-0.1, -0.05) is 64.8 Å². The quantitative estimate of drug-likeness (QED) is 0.370. The summed E-state index contributed by atoms with van der Waals surface area (Å²) in [6.07, 6.45) is 1.77. The molecule has 0 saturated carbocycles. The molecule has 2 aromatic carbocycles. The first kappa shape index (κ1) is 27.5. The Morgan fingerprint density at radius 2 is 1.89 bits per heavy atom. The molecule has 7 nitrogen and oxygen atoms in total. The van der Waals surface area contributed by atoms with E-state index in [1.54, 1.807) is 40.9 Å². The number of alkyl halides is 1. The second-order valence-corrected chi connectivity index (χ2v) is 13.4. The highest BCUT2D eigenvalue weighted by molar-refractivity contribution is 9.09. The predicted molar refractivity (Wildman–Crippen MR) is 153 cm³/mol. The first-order valence-corrected chi connectivity index (χ1v) is 15.1. The highest BCUT2D eigenvalue weighted by Crippen LogP contribution is 2.68. The van der Waals surface area contributed by atoms with Gasteiger partial charge in [0.2, 0.25) is 17.7 Å². The number of nitrogens with one attached hydrogen (secondary N) is 2. The lowest BCUT2D eigenvalue weighted by molar-refractivity contribution is -0.142. The fourth-order valence-electron chi connectivity index (χ4n) is 6.31. The second-order valence-electron chi connectivity index (χ2n) is 10.2. The van der Waals surface area contributed by atoms with E-state index in [0.717, 1.165) is 12.0 Å². The summed E-state index contributed by atoms with van der Waals surface area (Å²) in [5.41, 5.74) is 1.53. The van der Waals surface area contributed by atoms with Gasteiger partial charge in [0.05, 0.1) is 29.2 Å². The third-order valence-corrected chi connectivity index (χ3v) is 11.3. The molecule has 3 heterocycles. The van der Waals surface area contributed by atoms with Gasteiger partial charge in [-0.2, -0.15) is 0 Å². The van der Waals surface area contributed by atoms with Gasteiger partial charge in [-0.3, -0.25) is 14.4 Å². The van der Waals surface area contributed by atoms with Gasteiger partial charge in [0.15, 0.2) is 0 Å². The van der Waals surface area contributed by atoms with Crippen LogP contribution in [-0.4, -0.2) is 67.8 Å². The van der Waals surface area contributed by atoms with Crippen LogP contribution in [0.25, 0.3) is 0 Å². The summed E-state index contributed by atoms with van der Waals surface area (Å²) < 4.78 is -0.787. The number of rotatable bonds is 9. The van der Waals surface area contributed by atoms with Crippen LogP contribution in [0.1, 0.15) is 25.3 Å². The average molecular weight is 621 g/mol. The predicted octanol–water partition coefficient (Wildman–Crippen LogP) is 3.87. The highest BCUT2D eigenvalue weighted by Gasteiger charge is 2.76. The molecule has 38 heavy (non-hydrogen) atoms. The summed E-state index contributed by atoms with van der Waals surface area (Å²) in [7, 11) is 0. The van der Waals surface area contributed by atoms with Crippen molar-refractivity contribution >= 4 is 62.7 Å². The van der Waals surface area contributed by atoms with Crippen molar-refractivity contribution in [2.45, 2.75) is 53.1 Å². The largest absolute Gasteiger partial charge is 0.394 e. The Morgan fingerprint density at radius 3 is 2.55 bits per heavy atom. The molecule has 3 N–H and O–H groups in total. The first-order valence-electron chi connectivity index (χ1n) is 12.9. The molecule has 3 saturated heterocycles. The number of nitrogens with zero attached hydrogens (tertiary/aromatic N) is 1. The Labute approximate surface area is 240 Å². The molecule has 3 amide bonds. The summed E-state index contributed by atoms with van der Waals surface area (Å²) in [4.78, 5) is 43.3. The zero-order valence-electron chi connectivity index (χ0n) is 21.0. The average Bonchev–Trinajstić information content (AvgIpc) is 3.51. The van der Waals surface area contributed by atoms with E-state index in [1.165, 1.54) is 0 Å². The van der Waals surface area contributed by atoms with Gasteiger partial charge in [0.1, 0.15) is 6.04 Å². The topological polar surface area (TPSA) is 98.7 Å². The number of likely N-dealkylation sites (tertiary alicyclic amines) is 1. The van der Waals surface area contributed by atoms with Crippen molar-refractivity contribution in [3.63, 3.8) is 0 Å². The molecule has 10 heteroatoms. The van der Waals surface area contributed by atoms with Gasteiger partial charge in [-0.25, -0.2) is 0 Å². The number of amides is 3. The van der Waals surface area contributed by atoms with Crippen LogP contribution in [0.4, 0.5) is 5.69 Å². The molecule has 7 atom stereocenters. The van der Waals surface area contributed by atoms with E-state index in [4.69, 9.17) is 11.6 Å². The molecule has 3 aliphatic rings. The number of aliphatic hydroxyl groups is 1. The molecular formula is C28H31BrClN3O4S. The minimum Gasteiger partial charge on any atom is -0.394 e. The van der Waals surface area contributed by atoms with Crippen molar-refractivity contribution in [2.24, 2.45) is 11.8 Å². The number of aliphatic hydroxyl groups excluding tert-OH is 1. The monoisotopic (exact) mass is 619 g/mol. The molecule has 5 rings (SSSR count). The smallest absolute Gasteiger partial charge is 0.248 e. The fraction of sp³-hybridized carbons (Fsp3) is 0.464. The number of anilines is 1. The Balaban J connectivity index is 1.54. The SMILES string of the molecule is CCCNC(=O)[C@H]1[C@H]2C(=O)N([C@@H](CO)Cc3ccccc3)C(C(=O)Nc3ccc(Cl)cc3)C23CC(Br)[C@@H]1S3. The van der Waals surface area contributed by atoms with E-state index in [9.17, 15) is 19.5 Å². The summed E-state index contributed by atoms with van der Waals surface area (Å²) in [6, 6.07) is 15.0. The lowest BCUT2D eigenvalue weighted by Crippen LogP contribution is -2.55. The molecule has 2 bridgehead atoms. The maximum Gasteiger partial charge on any atom is 0.248 e. The molecule has 3 unspecified atom stereocenters. The van der Waals surface area contributed by atoms with Crippen molar-refractivity contribution < 1.29 is 19.5 Å². The number of carbonyl (C=O) groups excluding carboxylic acids is 3. The van der Waals surface area contributed by atoms with Crippen LogP contribution in [0.2, 0.25) is 5.02 Å². The number of halogens is 2. The summed E-state index contributed by atoms with van der Waals surface area (Å²) in [5.74, 6) is -1.89. The van der Waals surface area contributed by atoms with Gasteiger partial charge in [-0.15, -0.1) is 11.8 Å². The summed E-state index contributed by atoms with van der Waals surface area (Å²) in [5, 5.41) is 16.9. The number of thioether (sulfide) groups is 1. The zero-order valence-corrected chi connectivity index (χ0v) is 24.1. The van der Waals surface area contributed by atoms with Crippen molar-refractivity contribution in [1.82, 2.24) is 10.2 Å². The van der Waals surface area contributed by atoms with Crippen molar-refractivity contribution in [2.75, 3.05) is 18.5 Å². The third kappa shape index (κ3) is 4.76. The van der Waals surface area contributed by atoms with Gasteiger partial charge >= 0.3 is 0 Å². The van der Waals surface area contributed by atoms with Crippen LogP contribution < -0.4 is 10.6 Å². The Kier molecular flexibility index (Phi) is 8.10. The molecule has 2 aromatic rings. The molecule has 3 fully saturated rings. The van der Waals surface area contributed by atoms with E-state index >= 15 is 0 Å². The van der Waals surface area contributed by atoms with Gasteiger partial charge in [0, 0.05) is 27.3 Å². The number of hydrogen-bond donors (Lipinski definition) is 3. The fourth-order valence-corrected chi connectivity index (χ4v) is 10.0. The maximum absolute atomic E-state index is 14.3. The van der Waals surface area contributed by atoms with Crippen molar-refractivity contribution in [3.8, 4) is 0 Å². The number of hydrogen-bond acceptors (Lipinski definition) is 5. The van der Waals surface area contributed by atoms with E-state index in [1.807, 2.05) is 37.3 Å². The van der Waals surface area contributed by atoms with Crippen molar-refractivity contribution in [3.05, 3.63) is 65.2 Å². The van der Waals surface area contributed by atoms with Gasteiger partial charge in [-0.05, 0) is 49.1 Å². The van der Waals surface area contributed by atoms with E-state index < -0.39 is 28.7 Å². The van der Waals surface area contributed by atoms with Crippen LogP contribution in [0, 0.1) is 11.8 Å². The number of fused-ring (bicyclic) bond motifs is 1. The maximum atomic E-state index is 14.3. The summed E-state index contributed by atoms with van der Waals surface area (Å²) >= 11 is 11.4. The van der Waals surface area contributed by atoms with E-state index in [2.05, 4.69) is 26.6 Å². The number of carbonyl (C=O) groups is 3.